The van der Waals surface area contributed by atoms with E-state index in [2.05, 4.69) is 31.1 Å². The molecule has 3 nitrogen and oxygen atoms in total. The van der Waals surface area contributed by atoms with Crippen molar-refractivity contribution < 1.29 is 4.42 Å². The fourth-order valence-corrected chi connectivity index (χ4v) is 1.20. The fourth-order valence-electron chi connectivity index (χ4n) is 1.20. The highest BCUT2D eigenvalue weighted by molar-refractivity contribution is 5.27. The van der Waals surface area contributed by atoms with Gasteiger partial charge in [-0.05, 0) is 6.92 Å². The van der Waals surface area contributed by atoms with Crippen LogP contribution in [0.25, 0.3) is 0 Å². The molecule has 1 N–H and O–H groups in total. The van der Waals surface area contributed by atoms with E-state index in [4.69, 9.17) is 4.42 Å². The summed E-state index contributed by atoms with van der Waals surface area (Å²) in [4.78, 5) is 4.32. The third kappa shape index (κ3) is 1.60. The summed E-state index contributed by atoms with van der Waals surface area (Å²) in [5.41, 5.74) is 1.08. The lowest BCUT2D eigenvalue weighted by molar-refractivity contribution is 0.516. The van der Waals surface area contributed by atoms with Gasteiger partial charge in [0.2, 0.25) is 0 Å². The van der Waals surface area contributed by atoms with Crippen LogP contribution >= 0.6 is 0 Å². The smallest absolute Gasteiger partial charge is 0.294 e. The molecule has 0 aliphatic rings. The van der Waals surface area contributed by atoms with E-state index in [-0.39, 0.29) is 5.41 Å². The van der Waals surface area contributed by atoms with Gasteiger partial charge in [-0.15, -0.1) is 0 Å². The molecule has 0 unspecified atom stereocenters. The van der Waals surface area contributed by atoms with Crippen molar-refractivity contribution in [1.82, 2.24) is 4.98 Å². The first kappa shape index (κ1) is 9.10. The predicted molar refractivity (Wildman–Crippen MR) is 49.5 cm³/mol. The highest BCUT2D eigenvalue weighted by Gasteiger charge is 2.21. The lowest BCUT2D eigenvalue weighted by atomic mass is 9.91. The molecule has 0 atom stereocenters. The van der Waals surface area contributed by atoms with E-state index in [1.54, 1.807) is 7.05 Å². The second kappa shape index (κ2) is 2.81. The summed E-state index contributed by atoms with van der Waals surface area (Å²) in [5.74, 6) is 0.895. The van der Waals surface area contributed by atoms with Crippen LogP contribution in [0.15, 0.2) is 4.42 Å². The first-order chi connectivity index (χ1) is 5.45. The largest absolute Gasteiger partial charge is 0.429 e. The SMILES string of the molecule is CNc1nc(C(C)(C)C)c(C)o1. The number of aryl methyl sites for hydroxylation is 1. The molecule has 68 valence electrons. The van der Waals surface area contributed by atoms with E-state index in [1.807, 2.05) is 6.92 Å². The number of hydrogen-bond donors (Lipinski definition) is 1. The average molecular weight is 168 g/mol. The van der Waals surface area contributed by atoms with Crippen molar-refractivity contribution in [3.8, 4) is 0 Å². The van der Waals surface area contributed by atoms with E-state index in [9.17, 15) is 0 Å². The number of nitrogens with zero attached hydrogens (tertiary/aromatic N) is 1. The molecular weight excluding hydrogens is 152 g/mol. The van der Waals surface area contributed by atoms with Crippen molar-refractivity contribution in [2.24, 2.45) is 0 Å². The monoisotopic (exact) mass is 168 g/mol. The normalized spacial score (nSPS) is 11.8. The molecular formula is C9H16N2O. The molecule has 1 heterocycles. The Morgan fingerprint density at radius 3 is 2.17 bits per heavy atom. The molecule has 0 radical (unpaired) electrons. The van der Waals surface area contributed by atoms with Gasteiger partial charge in [-0.2, -0.15) is 4.98 Å². The molecule has 1 aromatic heterocycles. The van der Waals surface area contributed by atoms with E-state index in [0.717, 1.165) is 11.5 Å². The molecule has 0 aliphatic carbocycles. The molecule has 0 saturated heterocycles. The van der Waals surface area contributed by atoms with E-state index in [1.165, 1.54) is 0 Å². The number of hydrogen-bond acceptors (Lipinski definition) is 3. The van der Waals surface area contributed by atoms with Gasteiger partial charge in [0, 0.05) is 12.5 Å². The Bertz CT molecular complexity index is 271. The number of oxazole rings is 1. The highest BCUT2D eigenvalue weighted by Crippen LogP contribution is 2.26. The summed E-state index contributed by atoms with van der Waals surface area (Å²) in [6.45, 7) is 8.31. The predicted octanol–water partition coefficient (Wildman–Crippen LogP) is 2.32. The average Bonchev–Trinajstić information content (AvgIpc) is 2.29. The molecule has 0 saturated carbocycles. The number of aromatic nitrogens is 1. The maximum absolute atomic E-state index is 5.37. The first-order valence-corrected chi connectivity index (χ1v) is 4.11. The third-order valence-corrected chi connectivity index (χ3v) is 1.72. The Kier molecular flexibility index (Phi) is 2.13. The van der Waals surface area contributed by atoms with Gasteiger partial charge >= 0.3 is 0 Å². The second-order valence-electron chi connectivity index (χ2n) is 3.92. The minimum atomic E-state index is 0.0582. The summed E-state index contributed by atoms with van der Waals surface area (Å²) in [7, 11) is 1.80. The molecule has 0 amide bonds. The summed E-state index contributed by atoms with van der Waals surface area (Å²) in [6.07, 6.45) is 0. The zero-order chi connectivity index (χ0) is 9.35. The Labute approximate surface area is 73.2 Å². The van der Waals surface area contributed by atoms with Gasteiger partial charge in [-0.25, -0.2) is 0 Å². The lowest BCUT2D eigenvalue weighted by Gasteiger charge is -2.14. The number of rotatable bonds is 1. The molecule has 0 fully saturated rings. The Balaban J connectivity index is 3.08. The highest BCUT2D eigenvalue weighted by atomic mass is 16.4. The van der Waals surface area contributed by atoms with Crippen LogP contribution in [-0.2, 0) is 5.41 Å². The Hall–Kier alpha value is -0.990. The van der Waals surface area contributed by atoms with Crippen molar-refractivity contribution in [2.45, 2.75) is 33.1 Å². The van der Waals surface area contributed by atoms with Gasteiger partial charge in [0.15, 0.2) is 0 Å². The Morgan fingerprint density at radius 1 is 1.33 bits per heavy atom. The van der Waals surface area contributed by atoms with E-state index < -0.39 is 0 Å². The molecule has 12 heavy (non-hydrogen) atoms. The van der Waals surface area contributed by atoms with Crippen LogP contribution in [0.1, 0.15) is 32.2 Å². The number of anilines is 1. The van der Waals surface area contributed by atoms with Gasteiger partial charge in [0.25, 0.3) is 6.01 Å². The fraction of sp³-hybridized carbons (Fsp3) is 0.667. The van der Waals surface area contributed by atoms with E-state index in [0.29, 0.717) is 6.01 Å². The summed E-state index contributed by atoms with van der Waals surface area (Å²) >= 11 is 0. The maximum Gasteiger partial charge on any atom is 0.294 e. The van der Waals surface area contributed by atoms with Crippen LogP contribution in [0.3, 0.4) is 0 Å². The zero-order valence-electron chi connectivity index (χ0n) is 8.36. The maximum atomic E-state index is 5.37. The van der Waals surface area contributed by atoms with Gasteiger partial charge in [-0.3, -0.25) is 0 Å². The van der Waals surface area contributed by atoms with Crippen molar-refractivity contribution >= 4 is 6.01 Å². The van der Waals surface area contributed by atoms with Crippen molar-refractivity contribution in [1.29, 1.82) is 0 Å². The molecule has 0 spiro atoms. The van der Waals surface area contributed by atoms with Gasteiger partial charge in [-0.1, -0.05) is 20.8 Å². The molecule has 0 aromatic carbocycles. The van der Waals surface area contributed by atoms with Crippen LogP contribution in [0.4, 0.5) is 6.01 Å². The standard InChI is InChI=1S/C9H16N2O/c1-6-7(9(2,3)4)11-8(10-5)12-6/h1-5H3,(H,10,11). The number of nitrogens with one attached hydrogen (secondary N) is 1. The lowest BCUT2D eigenvalue weighted by Crippen LogP contribution is -2.13. The summed E-state index contributed by atoms with van der Waals surface area (Å²) < 4.78 is 5.37. The van der Waals surface area contributed by atoms with Crippen molar-refractivity contribution in [2.75, 3.05) is 12.4 Å². The van der Waals surface area contributed by atoms with E-state index >= 15 is 0 Å². The molecule has 0 aliphatic heterocycles. The van der Waals surface area contributed by atoms with Crippen LogP contribution in [0, 0.1) is 6.92 Å². The second-order valence-corrected chi connectivity index (χ2v) is 3.92. The molecule has 0 bridgehead atoms. The zero-order valence-corrected chi connectivity index (χ0v) is 8.36. The minimum Gasteiger partial charge on any atom is -0.429 e. The summed E-state index contributed by atoms with van der Waals surface area (Å²) in [6, 6.07) is 0.595. The Morgan fingerprint density at radius 2 is 1.92 bits per heavy atom. The van der Waals surface area contributed by atoms with Gasteiger partial charge in [0.1, 0.15) is 5.76 Å². The van der Waals surface area contributed by atoms with Crippen LogP contribution in [0.5, 0.6) is 0 Å². The van der Waals surface area contributed by atoms with Crippen molar-refractivity contribution in [3.63, 3.8) is 0 Å². The quantitative estimate of drug-likeness (QED) is 0.699. The third-order valence-electron chi connectivity index (χ3n) is 1.72. The molecule has 1 aromatic rings. The topological polar surface area (TPSA) is 38.1 Å². The minimum absolute atomic E-state index is 0.0582. The van der Waals surface area contributed by atoms with Gasteiger partial charge in [0.05, 0.1) is 5.69 Å². The molecule has 1 rings (SSSR count). The molecule has 3 heteroatoms. The van der Waals surface area contributed by atoms with Crippen LogP contribution in [0.2, 0.25) is 0 Å². The first-order valence-electron chi connectivity index (χ1n) is 4.11. The van der Waals surface area contributed by atoms with Crippen LogP contribution in [-0.4, -0.2) is 12.0 Å². The summed E-state index contributed by atoms with van der Waals surface area (Å²) in [5, 5.41) is 2.88. The van der Waals surface area contributed by atoms with Gasteiger partial charge < -0.3 is 9.73 Å². The van der Waals surface area contributed by atoms with Crippen LogP contribution < -0.4 is 5.32 Å². The van der Waals surface area contributed by atoms with Crippen molar-refractivity contribution in [3.05, 3.63) is 11.5 Å².